The molecule has 0 radical (unpaired) electrons. The molecule has 27 heavy (non-hydrogen) atoms. The van der Waals surface area contributed by atoms with Crippen LogP contribution in [0.25, 0.3) is 11.1 Å². The summed E-state index contributed by atoms with van der Waals surface area (Å²) in [6, 6.07) is 11.9. The van der Waals surface area contributed by atoms with Crippen molar-refractivity contribution in [3.8, 4) is 17.2 Å². The van der Waals surface area contributed by atoms with Gasteiger partial charge in [0.1, 0.15) is 30.5 Å². The van der Waals surface area contributed by atoms with Crippen LogP contribution in [0.3, 0.4) is 0 Å². The minimum atomic E-state index is -1.88. The van der Waals surface area contributed by atoms with Crippen LogP contribution in [0.1, 0.15) is 31.9 Å². The first-order valence-electron chi connectivity index (χ1n) is 9.27. The van der Waals surface area contributed by atoms with E-state index in [9.17, 15) is 0 Å². The van der Waals surface area contributed by atoms with Crippen LogP contribution >= 0.6 is 11.6 Å². The van der Waals surface area contributed by atoms with Gasteiger partial charge in [-0.1, -0.05) is 32.4 Å². The fourth-order valence-corrected chi connectivity index (χ4v) is 4.39. The Bertz CT molecular complexity index is 941. The summed E-state index contributed by atoms with van der Waals surface area (Å²) in [4.78, 5) is 0. The Balaban J connectivity index is 1.69. The van der Waals surface area contributed by atoms with E-state index in [4.69, 9.17) is 25.5 Å². The van der Waals surface area contributed by atoms with E-state index >= 15 is 0 Å². The van der Waals surface area contributed by atoms with Crippen molar-refractivity contribution in [3.05, 3.63) is 52.5 Å². The van der Waals surface area contributed by atoms with Gasteiger partial charge in [0.2, 0.25) is 8.32 Å². The number of halogens is 1. The van der Waals surface area contributed by atoms with Gasteiger partial charge in [-0.3, -0.25) is 0 Å². The molecule has 0 atom stereocenters. The summed E-state index contributed by atoms with van der Waals surface area (Å²) in [5, 5.41) is 0.837. The third-order valence-corrected chi connectivity index (χ3v) is 10.4. The molecule has 142 valence electrons. The molecule has 2 aliphatic rings. The van der Waals surface area contributed by atoms with Gasteiger partial charge in [0.25, 0.3) is 0 Å². The van der Waals surface area contributed by atoms with Crippen LogP contribution in [-0.4, -0.2) is 21.5 Å². The third-order valence-electron chi connectivity index (χ3n) is 5.83. The Morgan fingerprint density at radius 3 is 2.04 bits per heavy atom. The Hall–Kier alpha value is -1.91. The number of fused-ring (bicyclic) bond motifs is 4. The lowest BCUT2D eigenvalue weighted by Gasteiger charge is -2.37. The molecule has 4 rings (SSSR count). The Morgan fingerprint density at radius 2 is 1.44 bits per heavy atom. The summed E-state index contributed by atoms with van der Waals surface area (Å²) in [6.07, 6.45) is 0. The van der Waals surface area contributed by atoms with E-state index in [1.54, 1.807) is 0 Å². The van der Waals surface area contributed by atoms with E-state index in [0.29, 0.717) is 18.2 Å². The van der Waals surface area contributed by atoms with Gasteiger partial charge in [-0.25, -0.2) is 0 Å². The van der Waals surface area contributed by atoms with Gasteiger partial charge in [0.05, 0.1) is 0 Å². The predicted molar refractivity (Wildman–Crippen MR) is 114 cm³/mol. The van der Waals surface area contributed by atoms with Crippen LogP contribution in [-0.2, 0) is 0 Å². The lowest BCUT2D eigenvalue weighted by atomic mass is 9.91. The molecule has 0 fully saturated rings. The summed E-state index contributed by atoms with van der Waals surface area (Å²) < 4.78 is 18.5. The van der Waals surface area contributed by atoms with Crippen LogP contribution in [0, 0.1) is 0 Å². The molecule has 3 nitrogen and oxygen atoms in total. The van der Waals surface area contributed by atoms with Gasteiger partial charge < -0.3 is 13.9 Å². The van der Waals surface area contributed by atoms with E-state index < -0.39 is 8.32 Å². The highest BCUT2D eigenvalue weighted by molar-refractivity contribution is 6.74. The highest BCUT2D eigenvalue weighted by Crippen LogP contribution is 2.45. The summed E-state index contributed by atoms with van der Waals surface area (Å²) in [6.45, 7) is 12.3. The summed E-state index contributed by atoms with van der Waals surface area (Å²) in [7, 11) is -1.88. The predicted octanol–water partition coefficient (Wildman–Crippen LogP) is 6.42. The molecule has 2 aromatic carbocycles. The quantitative estimate of drug-likeness (QED) is 0.544. The highest BCUT2D eigenvalue weighted by atomic mass is 35.5. The second kappa shape index (κ2) is 6.32. The molecule has 2 aromatic rings. The van der Waals surface area contributed by atoms with Crippen molar-refractivity contribution in [2.75, 3.05) is 13.2 Å². The molecule has 5 heteroatoms. The lowest BCUT2D eigenvalue weighted by molar-refractivity contribution is 0.336. The molecule has 0 unspecified atom stereocenters. The van der Waals surface area contributed by atoms with Gasteiger partial charge in [-0.15, -0.1) is 0 Å². The normalized spacial score (nSPS) is 15.9. The number of hydrogen-bond acceptors (Lipinski definition) is 3. The molecule has 0 saturated carbocycles. The van der Waals surface area contributed by atoms with Gasteiger partial charge >= 0.3 is 0 Å². The monoisotopic (exact) mass is 400 g/mol. The topological polar surface area (TPSA) is 27.7 Å². The smallest absolute Gasteiger partial charge is 0.250 e. The van der Waals surface area contributed by atoms with Crippen molar-refractivity contribution in [2.45, 2.75) is 38.9 Å². The lowest BCUT2D eigenvalue weighted by Crippen LogP contribution is -2.43. The molecular formula is C22H25ClO3Si. The average Bonchev–Trinajstić information content (AvgIpc) is 2.59. The second-order valence-corrected chi connectivity index (χ2v) is 13.9. The zero-order chi connectivity index (χ0) is 19.4. The molecule has 0 aliphatic carbocycles. The SMILES string of the molecule is CC(C)(C)[Si](C)(C)Oc1ccc2c(c1)OCC1=C2COc2cc(Cl)ccc21. The summed E-state index contributed by atoms with van der Waals surface area (Å²) >= 11 is 6.10. The Morgan fingerprint density at radius 1 is 0.889 bits per heavy atom. The molecule has 2 aliphatic heterocycles. The average molecular weight is 401 g/mol. The van der Waals surface area contributed by atoms with E-state index in [0.717, 1.165) is 28.4 Å². The first-order valence-corrected chi connectivity index (χ1v) is 12.6. The van der Waals surface area contributed by atoms with Crippen molar-refractivity contribution in [2.24, 2.45) is 0 Å². The zero-order valence-electron chi connectivity index (χ0n) is 16.5. The maximum atomic E-state index is 6.43. The molecule has 2 heterocycles. The fraction of sp³-hybridized carbons (Fsp3) is 0.364. The highest BCUT2D eigenvalue weighted by Gasteiger charge is 2.39. The standard InChI is InChI=1S/C22H25ClO3Si/c1-22(2,3)27(4,5)26-15-7-9-17-19-12-24-20-10-14(23)6-8-16(20)18(19)13-25-21(17)11-15/h6-11H,12-13H2,1-5H3. The Labute approximate surface area is 167 Å². The molecule has 0 spiro atoms. The fourth-order valence-electron chi connectivity index (χ4n) is 3.20. The molecule has 0 amide bonds. The molecular weight excluding hydrogens is 376 g/mol. The largest absolute Gasteiger partial charge is 0.543 e. The summed E-state index contributed by atoms with van der Waals surface area (Å²) in [5.41, 5.74) is 4.51. The van der Waals surface area contributed by atoms with Gasteiger partial charge in [-0.05, 0) is 48.5 Å². The third kappa shape index (κ3) is 3.25. The number of rotatable bonds is 2. The van der Waals surface area contributed by atoms with E-state index in [1.165, 1.54) is 11.1 Å². The maximum absolute atomic E-state index is 6.43. The van der Waals surface area contributed by atoms with Crippen LogP contribution in [0.5, 0.6) is 17.2 Å². The van der Waals surface area contributed by atoms with Gasteiger partial charge in [0.15, 0.2) is 0 Å². The number of ether oxygens (including phenoxy) is 2. The van der Waals surface area contributed by atoms with Crippen LogP contribution in [0.15, 0.2) is 36.4 Å². The molecule has 0 bridgehead atoms. The van der Waals surface area contributed by atoms with E-state index in [2.05, 4.69) is 46.0 Å². The van der Waals surface area contributed by atoms with E-state index in [1.807, 2.05) is 24.3 Å². The van der Waals surface area contributed by atoms with E-state index in [-0.39, 0.29) is 5.04 Å². The minimum Gasteiger partial charge on any atom is -0.543 e. The van der Waals surface area contributed by atoms with Crippen molar-refractivity contribution in [1.82, 2.24) is 0 Å². The minimum absolute atomic E-state index is 0.154. The van der Waals surface area contributed by atoms with Crippen molar-refractivity contribution in [3.63, 3.8) is 0 Å². The Kier molecular flexibility index (Phi) is 4.32. The van der Waals surface area contributed by atoms with Crippen molar-refractivity contribution < 1.29 is 13.9 Å². The van der Waals surface area contributed by atoms with Crippen LogP contribution in [0.4, 0.5) is 0 Å². The molecule has 0 saturated heterocycles. The molecule has 0 N–H and O–H groups in total. The van der Waals surface area contributed by atoms with Gasteiger partial charge in [-0.2, -0.15) is 0 Å². The first kappa shape index (κ1) is 18.5. The zero-order valence-corrected chi connectivity index (χ0v) is 18.2. The molecule has 0 aromatic heterocycles. The van der Waals surface area contributed by atoms with Crippen LogP contribution in [0.2, 0.25) is 23.2 Å². The van der Waals surface area contributed by atoms with Crippen molar-refractivity contribution in [1.29, 1.82) is 0 Å². The maximum Gasteiger partial charge on any atom is 0.250 e. The first-order chi connectivity index (χ1) is 12.7. The number of benzene rings is 2. The summed E-state index contributed by atoms with van der Waals surface area (Å²) in [5.74, 6) is 2.57. The number of hydrogen-bond donors (Lipinski definition) is 0. The van der Waals surface area contributed by atoms with Crippen molar-refractivity contribution >= 4 is 31.1 Å². The second-order valence-electron chi connectivity index (χ2n) is 8.70. The van der Waals surface area contributed by atoms with Gasteiger partial charge in [0, 0.05) is 33.4 Å². The van der Waals surface area contributed by atoms with Crippen LogP contribution < -0.4 is 13.9 Å².